The summed E-state index contributed by atoms with van der Waals surface area (Å²) in [6.45, 7) is 3.70. The molecule has 0 aromatic heterocycles. The zero-order chi connectivity index (χ0) is 11.3. The number of nitrogens with zero attached hydrogens (tertiary/aromatic N) is 1. The van der Waals surface area contributed by atoms with Crippen LogP contribution in [-0.4, -0.2) is 25.3 Å². The number of hydrogen-bond donors (Lipinski definition) is 2. The molecule has 0 aliphatic carbocycles. The molecule has 1 atom stereocenters. The van der Waals surface area contributed by atoms with Gasteiger partial charge in [-0.05, 0) is 23.6 Å². The topological polar surface area (TPSA) is 49.5 Å². The predicted octanol–water partition coefficient (Wildman–Crippen LogP) is 1.21. The molecule has 0 aliphatic heterocycles. The van der Waals surface area contributed by atoms with Gasteiger partial charge in [0.05, 0.1) is 0 Å². The molecule has 0 radical (unpaired) electrons. The lowest BCUT2D eigenvalue weighted by Gasteiger charge is -2.22. The zero-order valence-electron chi connectivity index (χ0n) is 9.48. The Hall–Kier alpha value is -1.06. The summed E-state index contributed by atoms with van der Waals surface area (Å²) in [5.41, 5.74) is 7.83. The van der Waals surface area contributed by atoms with Crippen molar-refractivity contribution in [1.29, 1.82) is 0 Å². The van der Waals surface area contributed by atoms with Crippen LogP contribution in [0.2, 0.25) is 0 Å². The van der Waals surface area contributed by atoms with E-state index in [0.717, 1.165) is 17.8 Å². The van der Waals surface area contributed by atoms with Crippen molar-refractivity contribution >= 4 is 5.69 Å². The van der Waals surface area contributed by atoms with E-state index in [1.54, 1.807) is 0 Å². The van der Waals surface area contributed by atoms with Crippen LogP contribution >= 0.6 is 0 Å². The molecule has 0 aliphatic rings. The standard InChI is InChI=1S/C12H20N2O/c1-10(9-15)8-14(2)12-5-3-11(7-13)4-6-12/h3-6,10,15H,7-9,13H2,1-2H3. The number of aliphatic hydroxyl groups excluding tert-OH is 1. The Labute approximate surface area is 91.5 Å². The highest BCUT2D eigenvalue weighted by molar-refractivity contribution is 5.46. The Kier molecular flexibility index (Phi) is 4.59. The van der Waals surface area contributed by atoms with Crippen molar-refractivity contribution in [3.05, 3.63) is 29.8 Å². The minimum absolute atomic E-state index is 0.227. The quantitative estimate of drug-likeness (QED) is 0.764. The third-order valence-corrected chi connectivity index (χ3v) is 2.51. The number of benzene rings is 1. The van der Waals surface area contributed by atoms with Gasteiger partial charge in [-0.2, -0.15) is 0 Å². The molecule has 0 spiro atoms. The normalized spacial score (nSPS) is 12.5. The summed E-state index contributed by atoms with van der Waals surface area (Å²) < 4.78 is 0. The molecule has 0 saturated heterocycles. The summed E-state index contributed by atoms with van der Waals surface area (Å²) in [6, 6.07) is 8.20. The smallest absolute Gasteiger partial charge is 0.0473 e. The number of hydrogen-bond acceptors (Lipinski definition) is 3. The monoisotopic (exact) mass is 208 g/mol. The Balaban J connectivity index is 2.61. The van der Waals surface area contributed by atoms with Crippen molar-refractivity contribution < 1.29 is 5.11 Å². The van der Waals surface area contributed by atoms with Crippen LogP contribution in [0, 0.1) is 5.92 Å². The summed E-state index contributed by atoms with van der Waals surface area (Å²) in [5, 5.41) is 8.97. The van der Waals surface area contributed by atoms with Crippen LogP contribution in [0.5, 0.6) is 0 Å². The maximum Gasteiger partial charge on any atom is 0.0473 e. The zero-order valence-corrected chi connectivity index (χ0v) is 9.48. The molecule has 0 fully saturated rings. The Bertz CT molecular complexity index is 284. The van der Waals surface area contributed by atoms with Crippen molar-refractivity contribution in [2.45, 2.75) is 13.5 Å². The lowest BCUT2D eigenvalue weighted by atomic mass is 10.1. The van der Waals surface area contributed by atoms with Crippen molar-refractivity contribution in [2.24, 2.45) is 11.7 Å². The third kappa shape index (κ3) is 3.53. The van der Waals surface area contributed by atoms with E-state index in [9.17, 15) is 0 Å². The second-order valence-electron chi connectivity index (χ2n) is 4.04. The summed E-state index contributed by atoms with van der Waals surface area (Å²) >= 11 is 0. The fourth-order valence-corrected chi connectivity index (χ4v) is 1.52. The van der Waals surface area contributed by atoms with Crippen LogP contribution in [-0.2, 0) is 6.54 Å². The number of nitrogens with two attached hydrogens (primary N) is 1. The molecule has 1 rings (SSSR count). The van der Waals surface area contributed by atoms with Gasteiger partial charge in [0, 0.05) is 32.4 Å². The molecule has 1 aromatic rings. The molecule has 84 valence electrons. The van der Waals surface area contributed by atoms with E-state index in [1.807, 2.05) is 26.1 Å². The van der Waals surface area contributed by atoms with Gasteiger partial charge < -0.3 is 15.7 Å². The van der Waals surface area contributed by atoms with Gasteiger partial charge in [0.2, 0.25) is 0 Å². The lowest BCUT2D eigenvalue weighted by molar-refractivity contribution is 0.240. The third-order valence-electron chi connectivity index (χ3n) is 2.51. The minimum atomic E-state index is 0.227. The number of aliphatic hydroxyl groups is 1. The molecule has 3 N–H and O–H groups in total. The summed E-state index contributed by atoms with van der Waals surface area (Å²) in [5.74, 6) is 0.296. The maximum atomic E-state index is 8.97. The highest BCUT2D eigenvalue weighted by atomic mass is 16.3. The van der Waals surface area contributed by atoms with Crippen LogP contribution in [0.3, 0.4) is 0 Å². The molecular formula is C12H20N2O. The van der Waals surface area contributed by atoms with Crippen molar-refractivity contribution in [3.8, 4) is 0 Å². The molecule has 0 heterocycles. The molecule has 0 amide bonds. The number of rotatable bonds is 5. The first-order valence-corrected chi connectivity index (χ1v) is 5.28. The fourth-order valence-electron chi connectivity index (χ4n) is 1.52. The van der Waals surface area contributed by atoms with Crippen LogP contribution in [0.25, 0.3) is 0 Å². The molecule has 1 aromatic carbocycles. The Morgan fingerprint density at radius 3 is 2.40 bits per heavy atom. The summed E-state index contributed by atoms with van der Waals surface area (Å²) in [6.07, 6.45) is 0. The van der Waals surface area contributed by atoms with Gasteiger partial charge >= 0.3 is 0 Å². The average molecular weight is 208 g/mol. The number of anilines is 1. The molecule has 0 saturated carbocycles. The van der Waals surface area contributed by atoms with E-state index in [2.05, 4.69) is 17.0 Å². The minimum Gasteiger partial charge on any atom is -0.396 e. The fraction of sp³-hybridized carbons (Fsp3) is 0.500. The first-order valence-electron chi connectivity index (χ1n) is 5.28. The molecule has 3 nitrogen and oxygen atoms in total. The van der Waals surface area contributed by atoms with E-state index in [4.69, 9.17) is 10.8 Å². The highest BCUT2D eigenvalue weighted by Gasteiger charge is 2.05. The van der Waals surface area contributed by atoms with Gasteiger partial charge in [0.1, 0.15) is 0 Å². The molecule has 3 heteroatoms. The first-order chi connectivity index (χ1) is 7.17. The van der Waals surface area contributed by atoms with Gasteiger partial charge in [-0.15, -0.1) is 0 Å². The Morgan fingerprint density at radius 1 is 1.33 bits per heavy atom. The van der Waals surface area contributed by atoms with Gasteiger partial charge in [0.15, 0.2) is 0 Å². The van der Waals surface area contributed by atoms with Crippen molar-refractivity contribution in [2.75, 3.05) is 25.1 Å². The van der Waals surface area contributed by atoms with E-state index >= 15 is 0 Å². The molecular weight excluding hydrogens is 188 g/mol. The van der Waals surface area contributed by atoms with Crippen molar-refractivity contribution in [3.63, 3.8) is 0 Å². The van der Waals surface area contributed by atoms with Gasteiger partial charge in [-0.1, -0.05) is 19.1 Å². The predicted molar refractivity (Wildman–Crippen MR) is 63.9 cm³/mol. The van der Waals surface area contributed by atoms with Crippen LogP contribution < -0.4 is 10.6 Å². The summed E-state index contributed by atoms with van der Waals surface area (Å²) in [4.78, 5) is 2.14. The van der Waals surface area contributed by atoms with E-state index in [0.29, 0.717) is 12.5 Å². The second kappa shape index (κ2) is 5.73. The first kappa shape index (κ1) is 12.0. The van der Waals surface area contributed by atoms with E-state index < -0.39 is 0 Å². The average Bonchev–Trinajstić information content (AvgIpc) is 2.29. The van der Waals surface area contributed by atoms with Crippen molar-refractivity contribution in [1.82, 2.24) is 0 Å². The second-order valence-corrected chi connectivity index (χ2v) is 4.04. The highest BCUT2D eigenvalue weighted by Crippen LogP contribution is 2.14. The van der Waals surface area contributed by atoms with Crippen LogP contribution in [0.15, 0.2) is 24.3 Å². The van der Waals surface area contributed by atoms with Crippen LogP contribution in [0.4, 0.5) is 5.69 Å². The molecule has 15 heavy (non-hydrogen) atoms. The largest absolute Gasteiger partial charge is 0.396 e. The van der Waals surface area contributed by atoms with Crippen LogP contribution in [0.1, 0.15) is 12.5 Å². The van der Waals surface area contributed by atoms with E-state index in [1.165, 1.54) is 0 Å². The molecule has 1 unspecified atom stereocenters. The van der Waals surface area contributed by atoms with Gasteiger partial charge in [-0.3, -0.25) is 0 Å². The Morgan fingerprint density at radius 2 is 1.93 bits per heavy atom. The lowest BCUT2D eigenvalue weighted by Crippen LogP contribution is -2.25. The summed E-state index contributed by atoms with van der Waals surface area (Å²) in [7, 11) is 2.03. The van der Waals surface area contributed by atoms with Gasteiger partial charge in [0.25, 0.3) is 0 Å². The molecule has 0 bridgehead atoms. The van der Waals surface area contributed by atoms with Gasteiger partial charge in [-0.25, -0.2) is 0 Å². The maximum absolute atomic E-state index is 8.97. The van der Waals surface area contributed by atoms with E-state index in [-0.39, 0.29) is 6.61 Å². The SMILES string of the molecule is CC(CO)CN(C)c1ccc(CN)cc1.